The van der Waals surface area contributed by atoms with Crippen LogP contribution in [0.3, 0.4) is 0 Å². The van der Waals surface area contributed by atoms with E-state index in [-0.39, 0.29) is 12.3 Å². The zero-order valence-electron chi connectivity index (χ0n) is 6.65. The molecule has 0 N–H and O–H groups in total. The molecule has 0 saturated heterocycles. The second-order valence-electron chi connectivity index (χ2n) is 2.20. The highest BCUT2D eigenvalue weighted by atomic mass is 16.5. The Bertz CT molecular complexity index is 322. The van der Waals surface area contributed by atoms with Gasteiger partial charge in [-0.05, 0) is 0 Å². The van der Waals surface area contributed by atoms with Crippen LogP contribution in [0.25, 0.3) is 0 Å². The first-order chi connectivity index (χ1) is 5.74. The summed E-state index contributed by atoms with van der Waals surface area (Å²) in [6, 6.07) is 0. The number of aromatic nitrogens is 2. The van der Waals surface area contributed by atoms with Crippen LogP contribution in [-0.2, 0) is 11.8 Å². The van der Waals surface area contributed by atoms with Gasteiger partial charge in [0.1, 0.15) is 0 Å². The molecule has 0 saturated carbocycles. The molecular formula is C8H8N2O2. The Hall–Kier alpha value is -1.76. The molecule has 62 valence electrons. The maximum atomic E-state index is 11.0. The molecule has 0 spiro atoms. The first-order valence-electron chi connectivity index (χ1n) is 3.32. The fourth-order valence-corrected chi connectivity index (χ4v) is 0.699. The Morgan fingerprint density at radius 2 is 2.67 bits per heavy atom. The number of esters is 1. The molecule has 0 amide bonds. The van der Waals surface area contributed by atoms with E-state index in [0.29, 0.717) is 0 Å². The van der Waals surface area contributed by atoms with E-state index in [1.807, 2.05) is 0 Å². The van der Waals surface area contributed by atoms with Crippen LogP contribution < -0.4 is 0 Å². The predicted octanol–water partition coefficient (Wildman–Crippen LogP) is 0.210. The van der Waals surface area contributed by atoms with Crippen molar-refractivity contribution in [2.24, 2.45) is 7.05 Å². The third-order valence-corrected chi connectivity index (χ3v) is 1.20. The van der Waals surface area contributed by atoms with Crippen LogP contribution in [0.1, 0.15) is 10.5 Å². The van der Waals surface area contributed by atoms with Crippen molar-refractivity contribution in [3.05, 3.63) is 18.2 Å². The molecule has 1 aromatic rings. The van der Waals surface area contributed by atoms with E-state index in [1.165, 1.54) is 6.33 Å². The molecule has 4 heteroatoms. The van der Waals surface area contributed by atoms with Gasteiger partial charge in [0, 0.05) is 13.2 Å². The molecule has 1 aromatic heterocycles. The molecule has 0 aliphatic rings. The van der Waals surface area contributed by atoms with Crippen LogP contribution in [0, 0.1) is 12.3 Å². The second kappa shape index (κ2) is 3.58. The lowest BCUT2D eigenvalue weighted by Crippen LogP contribution is -2.05. The average Bonchev–Trinajstić information content (AvgIpc) is 2.47. The number of nitrogens with zero attached hydrogens (tertiary/aromatic N) is 2. The zero-order chi connectivity index (χ0) is 8.97. The van der Waals surface area contributed by atoms with Crippen molar-refractivity contribution in [3.8, 4) is 12.3 Å². The number of carbonyl (C=O) groups excluding carboxylic acids is 1. The topological polar surface area (TPSA) is 44.1 Å². The highest BCUT2D eigenvalue weighted by Gasteiger charge is 2.08. The average molecular weight is 164 g/mol. The Morgan fingerprint density at radius 3 is 3.17 bits per heavy atom. The highest BCUT2D eigenvalue weighted by molar-refractivity contribution is 5.86. The quantitative estimate of drug-likeness (QED) is 0.463. The lowest BCUT2D eigenvalue weighted by molar-refractivity contribution is 0.0550. The molecule has 4 nitrogen and oxygen atoms in total. The summed E-state index contributed by atoms with van der Waals surface area (Å²) < 4.78 is 6.30. The van der Waals surface area contributed by atoms with Crippen molar-refractivity contribution in [3.63, 3.8) is 0 Å². The first-order valence-corrected chi connectivity index (χ1v) is 3.32. The summed E-state index contributed by atoms with van der Waals surface area (Å²) in [5.74, 6) is 1.71. The molecular weight excluding hydrogens is 156 g/mol. The number of aryl methyl sites for hydroxylation is 1. The van der Waals surface area contributed by atoms with Crippen LogP contribution in [0.5, 0.6) is 0 Å². The number of carbonyl (C=O) groups is 1. The number of ether oxygens (including phenoxy) is 1. The number of hydrogen-bond donors (Lipinski definition) is 0. The van der Waals surface area contributed by atoms with E-state index >= 15 is 0 Å². The molecule has 0 aliphatic carbocycles. The summed E-state index contributed by atoms with van der Waals surface area (Å²) in [6.45, 7) is -0.0184. The Morgan fingerprint density at radius 1 is 1.92 bits per heavy atom. The summed E-state index contributed by atoms with van der Waals surface area (Å²) in [7, 11) is 1.77. The van der Waals surface area contributed by atoms with Crippen molar-refractivity contribution in [1.82, 2.24) is 9.55 Å². The molecule has 0 aromatic carbocycles. The Kier molecular flexibility index (Phi) is 2.49. The van der Waals surface area contributed by atoms with Gasteiger partial charge in [-0.3, -0.25) is 0 Å². The number of rotatable bonds is 2. The van der Waals surface area contributed by atoms with Gasteiger partial charge in [-0.25, -0.2) is 9.78 Å². The van der Waals surface area contributed by atoms with Gasteiger partial charge < -0.3 is 9.30 Å². The first kappa shape index (κ1) is 8.34. The van der Waals surface area contributed by atoms with Crippen LogP contribution >= 0.6 is 0 Å². The fourth-order valence-electron chi connectivity index (χ4n) is 0.699. The number of hydrogen-bond acceptors (Lipinski definition) is 3. The van der Waals surface area contributed by atoms with Crippen molar-refractivity contribution in [2.45, 2.75) is 0 Å². The number of terminal acetylenes is 1. The van der Waals surface area contributed by atoms with Crippen molar-refractivity contribution in [2.75, 3.05) is 6.61 Å². The molecule has 0 bridgehead atoms. The lowest BCUT2D eigenvalue weighted by atomic mass is 10.5. The van der Waals surface area contributed by atoms with Gasteiger partial charge in [0.05, 0.1) is 6.33 Å². The van der Waals surface area contributed by atoms with Gasteiger partial charge in [0.25, 0.3) is 0 Å². The molecule has 1 rings (SSSR count). The van der Waals surface area contributed by atoms with E-state index in [2.05, 4.69) is 15.6 Å². The second-order valence-corrected chi connectivity index (χ2v) is 2.20. The van der Waals surface area contributed by atoms with Gasteiger partial charge in [-0.1, -0.05) is 5.92 Å². The van der Waals surface area contributed by atoms with E-state index in [9.17, 15) is 4.79 Å². The van der Waals surface area contributed by atoms with Crippen LogP contribution in [0.15, 0.2) is 12.5 Å². The molecule has 0 unspecified atom stereocenters. The molecule has 0 radical (unpaired) electrons. The summed E-state index contributed by atoms with van der Waals surface area (Å²) >= 11 is 0. The van der Waals surface area contributed by atoms with Gasteiger partial charge in [-0.2, -0.15) is 0 Å². The van der Waals surface area contributed by atoms with Crippen molar-refractivity contribution in [1.29, 1.82) is 0 Å². The van der Waals surface area contributed by atoms with Gasteiger partial charge in [-0.15, -0.1) is 6.42 Å². The normalized spacial score (nSPS) is 9.00. The van der Waals surface area contributed by atoms with Crippen molar-refractivity contribution < 1.29 is 9.53 Å². The smallest absolute Gasteiger partial charge is 0.359 e. The fraction of sp³-hybridized carbons (Fsp3) is 0.250. The maximum Gasteiger partial charge on any atom is 0.359 e. The maximum absolute atomic E-state index is 11.0. The third kappa shape index (κ3) is 1.86. The van der Waals surface area contributed by atoms with Gasteiger partial charge in [0.2, 0.25) is 0 Å². The Balaban J connectivity index is 2.61. The largest absolute Gasteiger partial charge is 0.448 e. The predicted molar refractivity (Wildman–Crippen MR) is 42.3 cm³/mol. The summed E-state index contributed by atoms with van der Waals surface area (Å²) in [5.41, 5.74) is 0.271. The van der Waals surface area contributed by atoms with E-state index in [4.69, 9.17) is 6.42 Å². The molecule has 1 heterocycles. The molecule has 0 fully saturated rings. The molecule has 0 aliphatic heterocycles. The van der Waals surface area contributed by atoms with Crippen LogP contribution in [-0.4, -0.2) is 22.1 Å². The van der Waals surface area contributed by atoms with Crippen molar-refractivity contribution >= 4 is 5.97 Å². The SMILES string of the molecule is C#CCOC(=O)c1cn(C)cn1. The van der Waals surface area contributed by atoms with E-state index in [1.54, 1.807) is 17.8 Å². The zero-order valence-corrected chi connectivity index (χ0v) is 6.65. The molecule has 12 heavy (non-hydrogen) atoms. The summed E-state index contributed by atoms with van der Waals surface area (Å²) in [4.78, 5) is 14.8. The van der Waals surface area contributed by atoms with Gasteiger partial charge >= 0.3 is 5.97 Å². The Labute approximate surface area is 70.2 Å². The van der Waals surface area contributed by atoms with Gasteiger partial charge in [0.15, 0.2) is 12.3 Å². The lowest BCUT2D eigenvalue weighted by Gasteiger charge is -1.94. The summed E-state index contributed by atoms with van der Waals surface area (Å²) in [5, 5.41) is 0. The van der Waals surface area contributed by atoms with Crippen LogP contribution in [0.2, 0.25) is 0 Å². The van der Waals surface area contributed by atoms with E-state index in [0.717, 1.165) is 0 Å². The molecule has 0 atom stereocenters. The standard InChI is InChI=1S/C8H8N2O2/c1-3-4-12-8(11)7-5-10(2)6-9-7/h1,5-6H,4H2,2H3. The third-order valence-electron chi connectivity index (χ3n) is 1.20. The van der Waals surface area contributed by atoms with E-state index < -0.39 is 5.97 Å². The monoisotopic (exact) mass is 164 g/mol. The highest BCUT2D eigenvalue weighted by Crippen LogP contribution is 1.96. The van der Waals surface area contributed by atoms with Crippen LogP contribution in [0.4, 0.5) is 0 Å². The minimum atomic E-state index is -0.492. The minimum absolute atomic E-state index is 0.0184. The minimum Gasteiger partial charge on any atom is -0.448 e. The summed E-state index contributed by atoms with van der Waals surface area (Å²) in [6.07, 6.45) is 8.00. The number of imidazole rings is 1.